The van der Waals surface area contributed by atoms with Crippen molar-refractivity contribution in [3.8, 4) is 22.6 Å². The number of anilines is 1. The highest BCUT2D eigenvalue weighted by molar-refractivity contribution is 7.98. The van der Waals surface area contributed by atoms with Crippen LogP contribution in [0.2, 0.25) is 0 Å². The molecule has 3 aromatic rings. The number of urea groups is 1. The molecule has 0 bridgehead atoms. The molecule has 2 aliphatic heterocycles. The second-order valence-corrected chi connectivity index (χ2v) is 9.28. The Kier molecular flexibility index (Phi) is 6.55. The zero-order valence-electron chi connectivity index (χ0n) is 19.7. The summed E-state index contributed by atoms with van der Waals surface area (Å²) in [5.41, 5.74) is 4.24. The zero-order valence-corrected chi connectivity index (χ0v) is 20.6. The minimum absolute atomic E-state index is 0.100. The lowest BCUT2D eigenvalue weighted by Gasteiger charge is -2.21. The van der Waals surface area contributed by atoms with E-state index in [9.17, 15) is 9.59 Å². The topological polar surface area (TPSA) is 71.1 Å². The molecule has 0 unspecified atom stereocenters. The van der Waals surface area contributed by atoms with Crippen molar-refractivity contribution in [2.24, 2.45) is 0 Å². The molecule has 2 heterocycles. The number of hydrogen-bond donors (Lipinski definition) is 1. The van der Waals surface area contributed by atoms with Crippen LogP contribution in [0.25, 0.3) is 11.1 Å². The molecule has 8 heteroatoms. The van der Waals surface area contributed by atoms with Crippen molar-refractivity contribution < 1.29 is 19.1 Å². The third-order valence-corrected chi connectivity index (χ3v) is 7.04. The summed E-state index contributed by atoms with van der Waals surface area (Å²) < 4.78 is 11.7. The van der Waals surface area contributed by atoms with E-state index in [0.29, 0.717) is 49.8 Å². The molecule has 0 saturated carbocycles. The predicted octanol–water partition coefficient (Wildman–Crippen LogP) is 4.65. The largest absolute Gasteiger partial charge is 0.493 e. The van der Waals surface area contributed by atoms with E-state index in [2.05, 4.69) is 41.9 Å². The van der Waals surface area contributed by atoms with Gasteiger partial charge in [0, 0.05) is 41.3 Å². The van der Waals surface area contributed by atoms with Gasteiger partial charge in [-0.15, -0.1) is 11.8 Å². The molecule has 1 saturated heterocycles. The maximum absolute atomic E-state index is 13.5. The summed E-state index contributed by atoms with van der Waals surface area (Å²) in [6, 6.07) is 19.5. The van der Waals surface area contributed by atoms with Crippen molar-refractivity contribution in [1.29, 1.82) is 0 Å². The fourth-order valence-electron chi connectivity index (χ4n) is 4.47. The van der Waals surface area contributed by atoms with Gasteiger partial charge in [-0.3, -0.25) is 9.69 Å². The molecule has 35 heavy (non-hydrogen) atoms. The van der Waals surface area contributed by atoms with Gasteiger partial charge in [0.2, 0.25) is 0 Å². The number of carbonyl (C=O) groups excluding carboxylic acids is 2. The number of nitrogens with one attached hydrogen (secondary N) is 1. The molecule has 2 aliphatic rings. The van der Waals surface area contributed by atoms with Gasteiger partial charge in [0.05, 0.1) is 13.7 Å². The third kappa shape index (κ3) is 4.66. The van der Waals surface area contributed by atoms with Crippen LogP contribution in [0.4, 0.5) is 10.5 Å². The van der Waals surface area contributed by atoms with E-state index in [1.807, 2.05) is 18.2 Å². The van der Waals surface area contributed by atoms with E-state index in [1.54, 1.807) is 40.8 Å². The van der Waals surface area contributed by atoms with Crippen LogP contribution in [-0.4, -0.2) is 56.4 Å². The summed E-state index contributed by atoms with van der Waals surface area (Å²) in [6.45, 7) is 2.40. The summed E-state index contributed by atoms with van der Waals surface area (Å²) in [7, 11) is 1.63. The van der Waals surface area contributed by atoms with E-state index in [-0.39, 0.29) is 11.9 Å². The number of rotatable bonds is 5. The minimum atomic E-state index is -0.142. The molecular weight excluding hydrogens is 462 g/mol. The van der Waals surface area contributed by atoms with Gasteiger partial charge in [-0.05, 0) is 59.8 Å². The second-order valence-electron chi connectivity index (χ2n) is 8.40. The van der Waals surface area contributed by atoms with Crippen LogP contribution in [0.5, 0.6) is 11.5 Å². The average Bonchev–Trinajstić information content (AvgIpc) is 3.21. The summed E-state index contributed by atoms with van der Waals surface area (Å²) in [4.78, 5) is 30.2. The first-order valence-corrected chi connectivity index (χ1v) is 12.7. The molecule has 0 spiro atoms. The van der Waals surface area contributed by atoms with Crippen molar-refractivity contribution >= 4 is 29.4 Å². The number of methoxy groups -OCH3 is 1. The van der Waals surface area contributed by atoms with E-state index in [1.165, 1.54) is 4.90 Å². The molecule has 3 amide bonds. The Hall–Kier alpha value is -3.65. The molecule has 0 aliphatic carbocycles. The third-order valence-electron chi connectivity index (χ3n) is 6.29. The van der Waals surface area contributed by atoms with Gasteiger partial charge in [-0.1, -0.05) is 18.2 Å². The number of hydrogen-bond acceptors (Lipinski definition) is 5. The Morgan fingerprint density at radius 2 is 1.89 bits per heavy atom. The first-order valence-electron chi connectivity index (χ1n) is 11.5. The highest BCUT2D eigenvalue weighted by Crippen LogP contribution is 2.39. The van der Waals surface area contributed by atoms with Crippen LogP contribution in [0.1, 0.15) is 15.9 Å². The van der Waals surface area contributed by atoms with Crippen molar-refractivity contribution in [1.82, 2.24) is 10.2 Å². The fraction of sp³-hybridized carbons (Fsp3) is 0.259. The number of amides is 3. The lowest BCUT2D eigenvalue weighted by atomic mass is 10.0. The van der Waals surface area contributed by atoms with Gasteiger partial charge in [-0.2, -0.15) is 0 Å². The predicted molar refractivity (Wildman–Crippen MR) is 138 cm³/mol. The Morgan fingerprint density at radius 3 is 2.60 bits per heavy atom. The smallest absolute Gasteiger partial charge is 0.321 e. The first-order chi connectivity index (χ1) is 17.1. The van der Waals surface area contributed by atoms with Crippen molar-refractivity contribution in [3.63, 3.8) is 0 Å². The van der Waals surface area contributed by atoms with Gasteiger partial charge < -0.3 is 19.7 Å². The highest BCUT2D eigenvalue weighted by Gasteiger charge is 2.26. The normalized spacial score (nSPS) is 15.2. The zero-order chi connectivity index (χ0) is 24.4. The minimum Gasteiger partial charge on any atom is -0.493 e. The lowest BCUT2D eigenvalue weighted by Crippen LogP contribution is -2.33. The lowest BCUT2D eigenvalue weighted by molar-refractivity contribution is 0.0733. The van der Waals surface area contributed by atoms with Gasteiger partial charge in [-0.25, -0.2) is 4.79 Å². The summed E-state index contributed by atoms with van der Waals surface area (Å²) >= 11 is 1.70. The molecule has 0 radical (unpaired) electrons. The molecule has 3 aromatic carbocycles. The van der Waals surface area contributed by atoms with E-state index >= 15 is 0 Å². The molecule has 0 aromatic heterocycles. The van der Waals surface area contributed by atoms with E-state index in [4.69, 9.17) is 9.47 Å². The molecule has 1 N–H and O–H groups in total. The Labute approximate surface area is 209 Å². The van der Waals surface area contributed by atoms with Gasteiger partial charge in [0.25, 0.3) is 5.91 Å². The average molecular weight is 490 g/mol. The molecule has 180 valence electrons. The van der Waals surface area contributed by atoms with Gasteiger partial charge in [0.1, 0.15) is 6.61 Å². The summed E-state index contributed by atoms with van der Waals surface area (Å²) in [5.74, 6) is 1.23. The summed E-state index contributed by atoms with van der Waals surface area (Å²) in [5, 5.41) is 2.80. The van der Waals surface area contributed by atoms with Gasteiger partial charge >= 0.3 is 6.03 Å². The highest BCUT2D eigenvalue weighted by atomic mass is 32.2. The fourth-order valence-corrected chi connectivity index (χ4v) is 4.87. The number of ether oxygens (including phenoxy) is 2. The van der Waals surface area contributed by atoms with Crippen LogP contribution < -0.4 is 19.7 Å². The standard InChI is InChI=1S/C27H27N3O4S/c1-33-24-16-20(18-6-8-23(35-2)9-7-18)14-21-17-29(12-13-34-25(21)24)26(31)19-4-3-5-22(15-19)30-11-10-28-27(30)32/h3-9,14-16H,10-13,17H2,1-2H3,(H,28,32). The quantitative estimate of drug-likeness (QED) is 0.529. The molecule has 1 fully saturated rings. The van der Waals surface area contributed by atoms with Gasteiger partial charge in [0.15, 0.2) is 11.5 Å². The number of thioether (sulfide) groups is 1. The number of fused-ring (bicyclic) bond motifs is 1. The Balaban J connectivity index is 1.44. The maximum Gasteiger partial charge on any atom is 0.321 e. The molecular formula is C27H27N3O4S. The van der Waals surface area contributed by atoms with E-state index in [0.717, 1.165) is 22.4 Å². The number of nitrogens with zero attached hydrogens (tertiary/aromatic N) is 2. The number of carbonyl (C=O) groups is 2. The molecule has 5 rings (SSSR count). The van der Waals surface area contributed by atoms with Crippen molar-refractivity contribution in [2.75, 3.05) is 44.5 Å². The van der Waals surface area contributed by atoms with E-state index < -0.39 is 0 Å². The first kappa shape index (κ1) is 23.1. The Bertz CT molecular complexity index is 1260. The maximum atomic E-state index is 13.5. The monoisotopic (exact) mass is 489 g/mol. The van der Waals surface area contributed by atoms with Crippen LogP contribution in [0, 0.1) is 0 Å². The summed E-state index contributed by atoms with van der Waals surface area (Å²) in [6.07, 6.45) is 2.05. The Morgan fingerprint density at radius 1 is 1.06 bits per heavy atom. The SMILES string of the molecule is COc1cc(-c2ccc(SC)cc2)cc2c1OCCN(C(=O)c1cccc(N3CCNC3=O)c1)C2. The van der Waals surface area contributed by atoms with Crippen molar-refractivity contribution in [2.45, 2.75) is 11.4 Å². The van der Waals surface area contributed by atoms with Crippen LogP contribution >= 0.6 is 11.8 Å². The van der Waals surface area contributed by atoms with Crippen LogP contribution in [-0.2, 0) is 6.54 Å². The second kappa shape index (κ2) is 9.92. The number of benzene rings is 3. The molecule has 0 atom stereocenters. The van der Waals surface area contributed by atoms with Crippen molar-refractivity contribution in [3.05, 3.63) is 71.8 Å². The van der Waals surface area contributed by atoms with Crippen LogP contribution in [0.3, 0.4) is 0 Å². The molecule has 7 nitrogen and oxygen atoms in total. The van der Waals surface area contributed by atoms with Crippen LogP contribution in [0.15, 0.2) is 65.6 Å².